The van der Waals surface area contributed by atoms with Crippen molar-refractivity contribution in [2.75, 3.05) is 24.5 Å². The molecule has 4 aliphatic rings. The number of hydrogen-bond acceptors (Lipinski definition) is 10. The zero-order valence-electron chi connectivity index (χ0n) is 29.7. The van der Waals surface area contributed by atoms with Gasteiger partial charge in [-0.3, -0.25) is 24.6 Å². The number of halogens is 2. The number of amides is 4. The second-order valence-electron chi connectivity index (χ2n) is 14.2. The first-order valence-electron chi connectivity index (χ1n) is 17.6. The lowest BCUT2D eigenvalue weighted by atomic mass is 9.49. The second kappa shape index (κ2) is 13.6. The van der Waals surface area contributed by atoms with Crippen LogP contribution in [-0.2, 0) is 24.6 Å². The number of aromatic carboxylic acids is 1. The van der Waals surface area contributed by atoms with Gasteiger partial charge in [0.1, 0.15) is 17.1 Å². The van der Waals surface area contributed by atoms with Crippen LogP contribution in [0.1, 0.15) is 40.2 Å². The number of phenolic OH excluding ortho intramolecular Hbond substituents is 1. The molecule has 4 amide bonds. The summed E-state index contributed by atoms with van der Waals surface area (Å²) in [6.45, 7) is 0. The quantitative estimate of drug-likeness (QED) is 0.116. The number of carbonyl (C=O) groups excluding carboxylic acids is 4. The van der Waals surface area contributed by atoms with Crippen LogP contribution in [0.3, 0.4) is 0 Å². The molecule has 1 saturated carbocycles. The predicted molar refractivity (Wildman–Crippen MR) is 203 cm³/mol. The summed E-state index contributed by atoms with van der Waals surface area (Å²) in [4.78, 5) is 71.6. The number of aromatic hydroxyl groups is 2. The predicted octanol–water partition coefficient (Wildman–Crippen LogP) is 6.31. The zero-order chi connectivity index (χ0) is 39.8. The molecule has 15 heteroatoms. The van der Waals surface area contributed by atoms with Crippen LogP contribution < -0.4 is 19.8 Å². The average molecular weight is 799 g/mol. The average Bonchev–Trinajstić information content (AvgIpc) is 3.56. The number of nitrogens with one attached hydrogen (secondary N) is 1. The van der Waals surface area contributed by atoms with E-state index >= 15 is 4.79 Å². The minimum Gasteiger partial charge on any atom is -0.507 e. The number of hydrogen-bond donors (Lipinski definition) is 4. The molecule has 2 aliphatic carbocycles. The van der Waals surface area contributed by atoms with E-state index in [1.807, 2.05) is 6.08 Å². The molecule has 56 heavy (non-hydrogen) atoms. The van der Waals surface area contributed by atoms with Crippen molar-refractivity contribution in [3.05, 3.63) is 117 Å². The molecule has 6 atom stereocenters. The van der Waals surface area contributed by atoms with Gasteiger partial charge in [0.25, 0.3) is 11.8 Å². The van der Waals surface area contributed by atoms with E-state index in [9.17, 15) is 34.5 Å². The molecule has 4 aromatic carbocycles. The SMILES string of the molecule is COc1ccc([C@@]23C(=O)N(Nc4ccc(Cl)cc4Cl)C(=O)[C@@H]2C[C@@H]2C(=CC[C@@H]4C(=O)N(c5ccc(C(=O)O)c(O)c5)C(=O)[C@@H]42)[C@@H]3c2ccc(O)c(OC)c2)cc1. The molecule has 4 N–H and O–H groups in total. The maximum atomic E-state index is 15.4. The van der Waals surface area contributed by atoms with Gasteiger partial charge in [-0.1, -0.05) is 53.1 Å². The van der Waals surface area contributed by atoms with E-state index in [2.05, 4.69) is 5.43 Å². The number of carboxylic acid groups (broad SMARTS) is 1. The highest BCUT2D eigenvalue weighted by molar-refractivity contribution is 6.36. The highest BCUT2D eigenvalue weighted by atomic mass is 35.5. The monoisotopic (exact) mass is 797 g/mol. The summed E-state index contributed by atoms with van der Waals surface area (Å²) < 4.78 is 11.0. The van der Waals surface area contributed by atoms with E-state index < -0.39 is 75.9 Å². The highest BCUT2D eigenvalue weighted by Crippen LogP contribution is 2.64. The maximum absolute atomic E-state index is 15.4. The number of carbonyl (C=O) groups is 5. The fraction of sp³-hybridized carbons (Fsp3) is 0.244. The Morgan fingerprint density at radius 1 is 0.839 bits per heavy atom. The Labute approximate surface area is 329 Å². The molecule has 0 aromatic heterocycles. The van der Waals surface area contributed by atoms with Crippen molar-refractivity contribution in [2.24, 2.45) is 23.7 Å². The highest BCUT2D eigenvalue weighted by Gasteiger charge is 2.70. The Balaban J connectivity index is 1.32. The summed E-state index contributed by atoms with van der Waals surface area (Å²) in [5.74, 6) is -8.47. The molecular formula is C41H33Cl2N3O10. The fourth-order valence-corrected chi connectivity index (χ4v) is 9.64. The first-order valence-corrected chi connectivity index (χ1v) is 18.3. The van der Waals surface area contributed by atoms with Gasteiger partial charge >= 0.3 is 5.97 Å². The van der Waals surface area contributed by atoms with Crippen LogP contribution in [0.15, 0.2) is 90.5 Å². The lowest BCUT2D eigenvalue weighted by molar-refractivity contribution is -0.138. The van der Waals surface area contributed by atoms with Crippen LogP contribution in [0.2, 0.25) is 10.0 Å². The Morgan fingerprint density at radius 2 is 1.59 bits per heavy atom. The van der Waals surface area contributed by atoms with Crippen LogP contribution in [0, 0.1) is 23.7 Å². The topological polar surface area (TPSA) is 183 Å². The normalized spacial score (nSPS) is 25.4. The molecule has 2 aliphatic heterocycles. The second-order valence-corrected chi connectivity index (χ2v) is 15.0. The van der Waals surface area contributed by atoms with E-state index in [0.717, 1.165) is 22.0 Å². The minimum atomic E-state index is -1.64. The van der Waals surface area contributed by atoms with E-state index in [-0.39, 0.29) is 40.7 Å². The number of methoxy groups -OCH3 is 2. The molecule has 0 radical (unpaired) electrons. The smallest absolute Gasteiger partial charge is 0.339 e. The minimum absolute atomic E-state index is 0.00370. The van der Waals surface area contributed by atoms with E-state index in [4.69, 9.17) is 32.7 Å². The van der Waals surface area contributed by atoms with Crippen molar-refractivity contribution in [3.8, 4) is 23.0 Å². The van der Waals surface area contributed by atoms with E-state index in [0.29, 0.717) is 27.5 Å². The Hall–Kier alpha value is -6.05. The molecular weight excluding hydrogens is 765 g/mol. The molecule has 0 spiro atoms. The number of fused-ring (bicyclic) bond motifs is 4. The van der Waals surface area contributed by atoms with Crippen molar-refractivity contribution in [2.45, 2.75) is 24.2 Å². The molecule has 13 nitrogen and oxygen atoms in total. The first-order chi connectivity index (χ1) is 26.8. The lowest BCUT2D eigenvalue weighted by Gasteiger charge is -2.50. The van der Waals surface area contributed by atoms with Gasteiger partial charge in [-0.2, -0.15) is 5.01 Å². The van der Waals surface area contributed by atoms with Crippen LogP contribution in [0.4, 0.5) is 11.4 Å². The van der Waals surface area contributed by atoms with Crippen molar-refractivity contribution >= 4 is 64.2 Å². The molecule has 286 valence electrons. The van der Waals surface area contributed by atoms with E-state index in [1.165, 1.54) is 32.4 Å². The summed E-state index contributed by atoms with van der Waals surface area (Å²) in [6.07, 6.45) is 1.95. The Bertz CT molecular complexity index is 2400. The summed E-state index contributed by atoms with van der Waals surface area (Å²) in [5, 5.41) is 32.0. The lowest BCUT2D eigenvalue weighted by Crippen LogP contribution is -2.53. The third-order valence-electron chi connectivity index (χ3n) is 11.6. The number of anilines is 2. The zero-order valence-corrected chi connectivity index (χ0v) is 31.2. The molecule has 0 bridgehead atoms. The number of ether oxygens (including phenoxy) is 2. The standard InChI is InChI=1S/C41H33Cl2N3O10/c1-55-23-8-4-20(5-9-23)41-28(37(50)46(40(41)54)44-30-13-6-21(42)16-29(30)43)18-27-24(35(41)19-3-14-31(47)33(15-19)56-2)11-12-26-34(27)38(51)45(36(26)49)22-7-10-25(39(52)53)32(48)17-22/h3-11,13-17,26-28,34-35,44,47-48H,12,18H2,1-2H3,(H,52,53)/t26-,27+,28-,34-,35-,41+/m0/s1. The molecule has 2 heterocycles. The maximum Gasteiger partial charge on any atom is 0.339 e. The molecule has 3 fully saturated rings. The third kappa shape index (κ3) is 5.40. The number of imide groups is 2. The van der Waals surface area contributed by atoms with Gasteiger partial charge in [-0.15, -0.1) is 0 Å². The number of benzene rings is 4. The van der Waals surface area contributed by atoms with Crippen LogP contribution in [0.25, 0.3) is 0 Å². The van der Waals surface area contributed by atoms with Crippen molar-refractivity contribution < 1.29 is 48.8 Å². The summed E-state index contributed by atoms with van der Waals surface area (Å²) >= 11 is 12.7. The molecule has 0 unspecified atom stereocenters. The van der Waals surface area contributed by atoms with Gasteiger partial charge < -0.3 is 24.8 Å². The number of hydrazine groups is 1. The van der Waals surface area contributed by atoms with Gasteiger partial charge in [0.15, 0.2) is 11.5 Å². The molecule has 8 rings (SSSR count). The summed E-state index contributed by atoms with van der Waals surface area (Å²) in [7, 11) is 2.89. The Kier molecular flexibility index (Phi) is 8.97. The number of rotatable bonds is 8. The number of nitrogens with zero attached hydrogens (tertiary/aromatic N) is 2. The van der Waals surface area contributed by atoms with Gasteiger partial charge in [0.05, 0.1) is 53.8 Å². The summed E-state index contributed by atoms with van der Waals surface area (Å²) in [6, 6.07) is 19.6. The summed E-state index contributed by atoms with van der Waals surface area (Å²) in [5.41, 5.74) is 2.78. The van der Waals surface area contributed by atoms with Crippen molar-refractivity contribution in [1.82, 2.24) is 5.01 Å². The molecule has 2 saturated heterocycles. The van der Waals surface area contributed by atoms with Gasteiger partial charge in [-0.05, 0) is 84.5 Å². The largest absolute Gasteiger partial charge is 0.507 e. The number of allylic oxidation sites excluding steroid dienone is 2. The first kappa shape index (κ1) is 36.9. The third-order valence-corrected chi connectivity index (χ3v) is 12.1. The van der Waals surface area contributed by atoms with Crippen LogP contribution in [0.5, 0.6) is 23.0 Å². The van der Waals surface area contributed by atoms with Gasteiger partial charge in [0.2, 0.25) is 11.8 Å². The van der Waals surface area contributed by atoms with Crippen molar-refractivity contribution in [3.63, 3.8) is 0 Å². The van der Waals surface area contributed by atoms with Crippen LogP contribution >= 0.6 is 23.2 Å². The van der Waals surface area contributed by atoms with Crippen LogP contribution in [-0.4, -0.2) is 64.1 Å². The molecule has 4 aromatic rings. The number of phenols is 2. The van der Waals surface area contributed by atoms with E-state index in [1.54, 1.807) is 48.5 Å². The van der Waals surface area contributed by atoms with Gasteiger partial charge in [-0.25, -0.2) is 9.69 Å². The van der Waals surface area contributed by atoms with Crippen molar-refractivity contribution in [1.29, 1.82) is 0 Å². The Morgan fingerprint density at radius 3 is 2.25 bits per heavy atom. The fourth-order valence-electron chi connectivity index (χ4n) is 9.19. The number of carboxylic acids is 1. The van der Waals surface area contributed by atoms with Gasteiger partial charge in [0, 0.05) is 17.0 Å².